The summed E-state index contributed by atoms with van der Waals surface area (Å²) in [5.41, 5.74) is 7.34. The third-order valence-corrected chi connectivity index (χ3v) is 5.81. The van der Waals surface area contributed by atoms with Gasteiger partial charge in [0.2, 0.25) is 0 Å². The number of aromatic nitrogens is 1. The average molecular weight is 350 g/mol. The molecule has 0 fully saturated rings. The molecule has 1 aliphatic rings. The lowest BCUT2D eigenvalue weighted by atomic mass is 10.0. The number of hydrogen-bond acceptors (Lipinski definition) is 1. The van der Waals surface area contributed by atoms with Gasteiger partial charge in [0.25, 0.3) is 0 Å². The number of likely N-dealkylation sites (N-methyl/N-ethyl adjacent to an activating group) is 1. The maximum Gasteiger partial charge on any atom is 0.0486 e. The second-order valence-electron chi connectivity index (χ2n) is 7.43. The molecule has 1 aliphatic heterocycles. The fraction of sp³-hybridized carbons (Fsp3) is 0.364. The molecule has 0 bridgehead atoms. The van der Waals surface area contributed by atoms with Gasteiger partial charge < -0.3 is 9.47 Å². The Morgan fingerprint density at radius 3 is 2.68 bits per heavy atom. The van der Waals surface area contributed by atoms with Crippen LogP contribution in [0.2, 0.25) is 0 Å². The number of rotatable bonds is 4. The molecule has 1 unspecified atom stereocenters. The topological polar surface area (TPSA) is 8.17 Å². The first-order valence-corrected chi connectivity index (χ1v) is 9.83. The molecule has 130 valence electrons. The van der Waals surface area contributed by atoms with Gasteiger partial charge in [-0.1, -0.05) is 35.9 Å². The molecule has 0 spiro atoms. The van der Waals surface area contributed by atoms with Crippen LogP contribution in [0.1, 0.15) is 28.8 Å². The lowest BCUT2D eigenvalue weighted by molar-refractivity contribution is 0.309. The van der Waals surface area contributed by atoms with E-state index in [2.05, 4.69) is 75.1 Å². The van der Waals surface area contributed by atoms with E-state index in [9.17, 15) is 0 Å². The van der Waals surface area contributed by atoms with Crippen LogP contribution < -0.4 is 5.30 Å². The summed E-state index contributed by atoms with van der Waals surface area (Å²) in [6, 6.07) is 15.8. The van der Waals surface area contributed by atoms with Gasteiger partial charge in [0, 0.05) is 42.7 Å². The molecule has 1 aromatic heterocycles. The summed E-state index contributed by atoms with van der Waals surface area (Å²) >= 11 is 0. The first kappa shape index (κ1) is 16.8. The monoisotopic (exact) mass is 350 g/mol. The van der Waals surface area contributed by atoms with Crippen LogP contribution >= 0.6 is 9.24 Å². The minimum absolute atomic E-state index is 1.08. The van der Waals surface area contributed by atoms with Crippen LogP contribution in [0.4, 0.5) is 0 Å². The zero-order valence-electron chi connectivity index (χ0n) is 15.3. The SMILES string of the molecule is Cc1ccc2c(c1)c1c(n2CCCc2ccc(P)cc2)CCN(C)C1. The van der Waals surface area contributed by atoms with E-state index < -0.39 is 0 Å². The van der Waals surface area contributed by atoms with E-state index in [1.54, 1.807) is 11.3 Å². The quantitative estimate of drug-likeness (QED) is 0.644. The maximum atomic E-state index is 2.76. The van der Waals surface area contributed by atoms with Crippen molar-refractivity contribution in [2.75, 3.05) is 13.6 Å². The normalized spacial score (nSPS) is 14.8. The van der Waals surface area contributed by atoms with Gasteiger partial charge in [-0.2, -0.15) is 0 Å². The van der Waals surface area contributed by atoms with Crippen molar-refractivity contribution in [3.63, 3.8) is 0 Å². The standard InChI is InChI=1S/C22H27N2P/c1-16-5-10-21-19(14-16)20-15-23(2)13-11-22(20)24(21)12-3-4-17-6-8-18(25)9-7-17/h5-10,14H,3-4,11-13,15,25H2,1-2H3. The van der Waals surface area contributed by atoms with Crippen LogP contribution in [-0.4, -0.2) is 23.1 Å². The van der Waals surface area contributed by atoms with Crippen LogP contribution in [0.3, 0.4) is 0 Å². The number of fused-ring (bicyclic) bond motifs is 3. The summed E-state index contributed by atoms with van der Waals surface area (Å²) in [4.78, 5) is 2.44. The van der Waals surface area contributed by atoms with Crippen molar-refractivity contribution < 1.29 is 0 Å². The Balaban J connectivity index is 1.61. The molecule has 0 amide bonds. The lowest BCUT2D eigenvalue weighted by Gasteiger charge is -2.24. The third kappa shape index (κ3) is 3.38. The largest absolute Gasteiger partial charge is 0.344 e. The smallest absolute Gasteiger partial charge is 0.0486 e. The zero-order valence-corrected chi connectivity index (χ0v) is 16.4. The highest BCUT2D eigenvalue weighted by Crippen LogP contribution is 2.31. The summed E-state index contributed by atoms with van der Waals surface area (Å²) in [6.07, 6.45) is 3.50. The molecule has 25 heavy (non-hydrogen) atoms. The number of hydrogen-bond donors (Lipinski definition) is 0. The minimum atomic E-state index is 1.08. The molecular weight excluding hydrogens is 323 g/mol. The van der Waals surface area contributed by atoms with E-state index >= 15 is 0 Å². The molecule has 4 rings (SSSR count). The zero-order chi connectivity index (χ0) is 17.4. The molecule has 3 heteroatoms. The number of aryl methyl sites for hydroxylation is 3. The first-order valence-electron chi connectivity index (χ1n) is 9.25. The molecule has 2 heterocycles. The van der Waals surface area contributed by atoms with Crippen molar-refractivity contribution in [1.82, 2.24) is 9.47 Å². The van der Waals surface area contributed by atoms with E-state index in [1.165, 1.54) is 40.2 Å². The summed E-state index contributed by atoms with van der Waals surface area (Å²) in [5.74, 6) is 0. The van der Waals surface area contributed by atoms with Gasteiger partial charge in [-0.3, -0.25) is 0 Å². The molecule has 0 N–H and O–H groups in total. The lowest BCUT2D eigenvalue weighted by Crippen LogP contribution is -2.27. The Kier molecular flexibility index (Phi) is 4.67. The highest BCUT2D eigenvalue weighted by atomic mass is 31.0. The number of benzene rings is 2. The third-order valence-electron chi connectivity index (χ3n) is 5.43. The summed E-state index contributed by atoms with van der Waals surface area (Å²) in [5, 5.41) is 2.72. The Morgan fingerprint density at radius 1 is 1.08 bits per heavy atom. The van der Waals surface area contributed by atoms with Crippen LogP contribution in [0.15, 0.2) is 42.5 Å². The van der Waals surface area contributed by atoms with Crippen LogP contribution in [0, 0.1) is 6.92 Å². The van der Waals surface area contributed by atoms with Crippen molar-refractivity contribution in [3.8, 4) is 0 Å². The minimum Gasteiger partial charge on any atom is -0.344 e. The van der Waals surface area contributed by atoms with Gasteiger partial charge in [0.15, 0.2) is 0 Å². The van der Waals surface area contributed by atoms with Crippen molar-refractivity contribution in [3.05, 3.63) is 64.8 Å². The maximum absolute atomic E-state index is 2.76. The fourth-order valence-corrected chi connectivity index (χ4v) is 4.27. The van der Waals surface area contributed by atoms with E-state index in [-0.39, 0.29) is 0 Å². The van der Waals surface area contributed by atoms with Crippen molar-refractivity contribution in [2.24, 2.45) is 0 Å². The van der Waals surface area contributed by atoms with Crippen LogP contribution in [0.5, 0.6) is 0 Å². The van der Waals surface area contributed by atoms with E-state index in [0.29, 0.717) is 0 Å². The van der Waals surface area contributed by atoms with E-state index in [1.807, 2.05) is 0 Å². The van der Waals surface area contributed by atoms with Gasteiger partial charge in [-0.15, -0.1) is 9.24 Å². The molecule has 1 atom stereocenters. The van der Waals surface area contributed by atoms with Gasteiger partial charge in [0.1, 0.15) is 0 Å². The molecule has 2 nitrogen and oxygen atoms in total. The van der Waals surface area contributed by atoms with Gasteiger partial charge in [0.05, 0.1) is 0 Å². The summed E-state index contributed by atoms with van der Waals surface area (Å²) in [7, 11) is 4.99. The molecule has 0 radical (unpaired) electrons. The van der Waals surface area contributed by atoms with Gasteiger partial charge >= 0.3 is 0 Å². The fourth-order valence-electron chi connectivity index (χ4n) is 4.08. The first-order chi connectivity index (χ1) is 12.1. The Morgan fingerprint density at radius 2 is 1.88 bits per heavy atom. The predicted octanol–water partition coefficient (Wildman–Crippen LogP) is 4.07. The second-order valence-corrected chi connectivity index (χ2v) is 8.10. The Hall–Kier alpha value is -1.63. The highest BCUT2D eigenvalue weighted by molar-refractivity contribution is 7.27. The molecule has 0 aliphatic carbocycles. The summed E-state index contributed by atoms with van der Waals surface area (Å²) < 4.78 is 2.60. The Bertz CT molecular complexity index is 893. The van der Waals surface area contributed by atoms with Crippen molar-refractivity contribution in [1.29, 1.82) is 0 Å². The van der Waals surface area contributed by atoms with Gasteiger partial charge in [-0.05, 0) is 55.4 Å². The van der Waals surface area contributed by atoms with Crippen LogP contribution in [-0.2, 0) is 25.9 Å². The molecule has 2 aromatic carbocycles. The summed E-state index contributed by atoms with van der Waals surface area (Å²) in [6.45, 7) is 5.56. The molecule has 0 saturated carbocycles. The van der Waals surface area contributed by atoms with Crippen molar-refractivity contribution >= 4 is 25.4 Å². The highest BCUT2D eigenvalue weighted by Gasteiger charge is 2.22. The molecule has 3 aromatic rings. The van der Waals surface area contributed by atoms with Crippen LogP contribution in [0.25, 0.3) is 10.9 Å². The second kappa shape index (κ2) is 6.94. The van der Waals surface area contributed by atoms with E-state index in [4.69, 9.17) is 0 Å². The molecule has 0 saturated heterocycles. The predicted molar refractivity (Wildman–Crippen MR) is 111 cm³/mol. The molecular formula is C22H27N2P. The van der Waals surface area contributed by atoms with Gasteiger partial charge in [-0.25, -0.2) is 0 Å². The van der Waals surface area contributed by atoms with Crippen molar-refractivity contribution in [2.45, 2.75) is 39.3 Å². The average Bonchev–Trinajstić information content (AvgIpc) is 2.89. The number of nitrogens with zero attached hydrogens (tertiary/aromatic N) is 2. The van der Waals surface area contributed by atoms with E-state index in [0.717, 1.165) is 26.1 Å². The Labute approximate surface area is 153 Å².